The normalized spacial score (nSPS) is 22.3. The third kappa shape index (κ3) is 7.24. The van der Waals surface area contributed by atoms with E-state index in [-0.39, 0.29) is 0 Å². The van der Waals surface area contributed by atoms with Crippen LogP contribution in [0.3, 0.4) is 0 Å². The third-order valence-corrected chi connectivity index (χ3v) is 3.47. The van der Waals surface area contributed by atoms with Gasteiger partial charge in [-0.15, -0.1) is 0 Å². The molecule has 0 amide bonds. The zero-order chi connectivity index (χ0) is 12.4. The van der Waals surface area contributed by atoms with Gasteiger partial charge in [-0.3, -0.25) is 0 Å². The molecule has 0 aromatic rings. The highest BCUT2D eigenvalue weighted by Gasteiger charge is 2.12. The molecule has 1 heterocycles. The molecule has 0 unspecified atom stereocenters. The van der Waals surface area contributed by atoms with Crippen LogP contribution in [0.15, 0.2) is 0 Å². The Morgan fingerprint density at radius 1 is 1.06 bits per heavy atom. The fourth-order valence-corrected chi connectivity index (χ4v) is 1.82. The molecule has 2 nitrogen and oxygen atoms in total. The topological polar surface area (TPSA) is 29.3 Å². The summed E-state index contributed by atoms with van der Waals surface area (Å²) in [4.78, 5) is 2.53. The first-order chi connectivity index (χ1) is 7.72. The zero-order valence-corrected chi connectivity index (χ0v) is 11.8. The number of nitrogens with two attached hydrogens (primary N) is 1. The summed E-state index contributed by atoms with van der Waals surface area (Å²) in [5.74, 6) is 0.979. The second kappa shape index (κ2) is 10.1. The summed E-state index contributed by atoms with van der Waals surface area (Å²) in [6.45, 7) is 12.5. The number of likely N-dealkylation sites (tertiary alicyclic amines) is 1. The highest BCUT2D eigenvalue weighted by molar-refractivity contribution is 4.70. The molecule has 98 valence electrons. The Morgan fingerprint density at radius 3 is 1.75 bits per heavy atom. The molecule has 0 bridgehead atoms. The average Bonchev–Trinajstić information content (AvgIpc) is 2.31. The highest BCUT2D eigenvalue weighted by Crippen LogP contribution is 2.15. The minimum absolute atomic E-state index is 0.565. The number of piperidine rings is 1. The van der Waals surface area contributed by atoms with Crippen LogP contribution in [0, 0.1) is 5.92 Å². The van der Waals surface area contributed by atoms with E-state index in [1.165, 1.54) is 51.7 Å². The summed E-state index contributed by atoms with van der Waals surface area (Å²) in [7, 11) is 0. The summed E-state index contributed by atoms with van der Waals surface area (Å²) in [5.41, 5.74) is 5.38. The lowest BCUT2D eigenvalue weighted by Gasteiger charge is -2.28. The van der Waals surface area contributed by atoms with Crippen molar-refractivity contribution in [3.63, 3.8) is 0 Å². The van der Waals surface area contributed by atoms with Crippen molar-refractivity contribution in [3.05, 3.63) is 0 Å². The van der Waals surface area contributed by atoms with Gasteiger partial charge in [-0.1, -0.05) is 34.1 Å². The van der Waals surface area contributed by atoms with Crippen LogP contribution in [0.2, 0.25) is 0 Å². The van der Waals surface area contributed by atoms with Crippen LogP contribution >= 0.6 is 0 Å². The molecule has 1 aliphatic heterocycles. The lowest BCUT2D eigenvalue weighted by atomic mass is 9.95. The van der Waals surface area contributed by atoms with E-state index in [9.17, 15) is 0 Å². The molecule has 0 atom stereocenters. The smallest absolute Gasteiger partial charge is 0.00388 e. The predicted molar refractivity (Wildman–Crippen MR) is 73.7 cm³/mol. The van der Waals surface area contributed by atoms with Crippen molar-refractivity contribution < 1.29 is 0 Å². The first-order valence-corrected chi connectivity index (χ1v) is 7.20. The largest absolute Gasteiger partial charge is 0.328 e. The predicted octanol–water partition coefficient (Wildman–Crippen LogP) is 3.26. The molecule has 2 fully saturated rings. The lowest BCUT2D eigenvalue weighted by molar-refractivity contribution is 0.201. The van der Waals surface area contributed by atoms with Crippen molar-refractivity contribution in [2.75, 3.05) is 19.6 Å². The second-order valence-electron chi connectivity index (χ2n) is 4.81. The number of rotatable bonds is 1. The lowest BCUT2D eigenvalue weighted by Crippen LogP contribution is -2.32. The Kier molecular flexibility index (Phi) is 10.0. The van der Waals surface area contributed by atoms with Crippen LogP contribution in [-0.2, 0) is 0 Å². The molecule has 2 rings (SSSR count). The number of hydrogen-bond acceptors (Lipinski definition) is 2. The Labute approximate surface area is 103 Å². The molecule has 16 heavy (non-hydrogen) atoms. The van der Waals surface area contributed by atoms with Gasteiger partial charge in [0.05, 0.1) is 0 Å². The van der Waals surface area contributed by atoms with E-state index in [2.05, 4.69) is 18.7 Å². The Bertz CT molecular complexity index is 136. The maximum absolute atomic E-state index is 5.38. The maximum atomic E-state index is 5.38. The van der Waals surface area contributed by atoms with Gasteiger partial charge in [0.2, 0.25) is 0 Å². The van der Waals surface area contributed by atoms with Gasteiger partial charge in [0.1, 0.15) is 0 Å². The van der Waals surface area contributed by atoms with Crippen LogP contribution in [-0.4, -0.2) is 30.6 Å². The quantitative estimate of drug-likeness (QED) is 0.746. The van der Waals surface area contributed by atoms with Gasteiger partial charge in [0.15, 0.2) is 0 Å². The Hall–Kier alpha value is -0.0800. The standard InChI is InChI=1S/C8H17N.C4H9N.C2H6/c1-3-9-6-4-8(2)5-7-9;5-4-2-1-3-4;1-2/h8H,3-7H2,1-2H3;4H,1-3,5H2;1-2H3. The highest BCUT2D eigenvalue weighted by atomic mass is 15.1. The van der Waals surface area contributed by atoms with Gasteiger partial charge in [-0.25, -0.2) is 0 Å². The molecule has 0 aromatic heterocycles. The summed E-state index contributed by atoms with van der Waals surface area (Å²) in [6, 6.07) is 0.565. The first kappa shape index (κ1) is 15.9. The summed E-state index contributed by atoms with van der Waals surface area (Å²) in [5, 5.41) is 0. The van der Waals surface area contributed by atoms with E-state index in [0.29, 0.717) is 6.04 Å². The van der Waals surface area contributed by atoms with E-state index in [1.54, 1.807) is 0 Å². The van der Waals surface area contributed by atoms with Gasteiger partial charge in [0.25, 0.3) is 0 Å². The van der Waals surface area contributed by atoms with Gasteiger partial charge >= 0.3 is 0 Å². The van der Waals surface area contributed by atoms with Crippen molar-refractivity contribution in [1.29, 1.82) is 0 Å². The Balaban J connectivity index is 0.000000272. The zero-order valence-electron chi connectivity index (χ0n) is 11.8. The summed E-state index contributed by atoms with van der Waals surface area (Å²) < 4.78 is 0. The van der Waals surface area contributed by atoms with Crippen molar-refractivity contribution in [1.82, 2.24) is 4.90 Å². The van der Waals surface area contributed by atoms with E-state index < -0.39 is 0 Å². The fraction of sp³-hybridized carbons (Fsp3) is 1.00. The molecule has 2 heteroatoms. The molecule has 1 aliphatic carbocycles. The molecule has 1 saturated carbocycles. The molecule has 0 radical (unpaired) electrons. The van der Waals surface area contributed by atoms with Crippen LogP contribution in [0.4, 0.5) is 0 Å². The molecule has 2 N–H and O–H groups in total. The SMILES string of the molecule is CC.CCN1CCC(C)CC1.NC1CCC1. The minimum atomic E-state index is 0.565. The van der Waals surface area contributed by atoms with Gasteiger partial charge in [-0.2, -0.15) is 0 Å². The maximum Gasteiger partial charge on any atom is 0.00388 e. The second-order valence-corrected chi connectivity index (χ2v) is 4.81. The van der Waals surface area contributed by atoms with E-state index in [0.717, 1.165) is 5.92 Å². The van der Waals surface area contributed by atoms with Crippen molar-refractivity contribution in [3.8, 4) is 0 Å². The third-order valence-electron chi connectivity index (χ3n) is 3.47. The number of hydrogen-bond donors (Lipinski definition) is 1. The molecular formula is C14H32N2. The monoisotopic (exact) mass is 228 g/mol. The number of nitrogens with zero attached hydrogens (tertiary/aromatic N) is 1. The van der Waals surface area contributed by atoms with E-state index >= 15 is 0 Å². The first-order valence-electron chi connectivity index (χ1n) is 7.20. The average molecular weight is 228 g/mol. The molecule has 2 aliphatic rings. The summed E-state index contributed by atoms with van der Waals surface area (Å²) in [6.07, 6.45) is 6.71. The molecular weight excluding hydrogens is 196 g/mol. The Morgan fingerprint density at radius 2 is 1.50 bits per heavy atom. The van der Waals surface area contributed by atoms with Gasteiger partial charge < -0.3 is 10.6 Å². The van der Waals surface area contributed by atoms with Crippen molar-refractivity contribution in [2.24, 2.45) is 11.7 Å². The van der Waals surface area contributed by atoms with Crippen molar-refractivity contribution in [2.45, 2.75) is 65.8 Å². The molecule has 1 saturated heterocycles. The molecule has 0 spiro atoms. The van der Waals surface area contributed by atoms with E-state index in [4.69, 9.17) is 5.73 Å². The van der Waals surface area contributed by atoms with Gasteiger partial charge in [-0.05, 0) is 51.2 Å². The minimum Gasteiger partial charge on any atom is -0.328 e. The fourth-order valence-electron chi connectivity index (χ4n) is 1.82. The summed E-state index contributed by atoms with van der Waals surface area (Å²) >= 11 is 0. The van der Waals surface area contributed by atoms with Gasteiger partial charge in [0, 0.05) is 6.04 Å². The van der Waals surface area contributed by atoms with E-state index in [1.807, 2.05) is 13.8 Å². The van der Waals surface area contributed by atoms with Crippen LogP contribution in [0.5, 0.6) is 0 Å². The van der Waals surface area contributed by atoms with Crippen molar-refractivity contribution >= 4 is 0 Å². The van der Waals surface area contributed by atoms with Crippen LogP contribution in [0.25, 0.3) is 0 Å². The van der Waals surface area contributed by atoms with Crippen LogP contribution in [0.1, 0.15) is 59.8 Å². The van der Waals surface area contributed by atoms with Crippen LogP contribution < -0.4 is 5.73 Å². The molecule has 0 aromatic carbocycles.